The van der Waals surface area contributed by atoms with Crippen molar-refractivity contribution in [1.29, 1.82) is 0 Å². The minimum absolute atomic E-state index is 0.469. The normalized spacial score (nSPS) is 13.1. The molecule has 2 heterocycles. The Kier molecular flexibility index (Phi) is 3.08. The zero-order valence-corrected chi connectivity index (χ0v) is 11.4. The van der Waals surface area contributed by atoms with Gasteiger partial charge in [-0.05, 0) is 35.7 Å². The molecule has 0 amide bonds. The summed E-state index contributed by atoms with van der Waals surface area (Å²) < 4.78 is 5.60. The molecule has 2 aromatic heterocycles. The lowest BCUT2D eigenvalue weighted by atomic mass is 10.2. The highest BCUT2D eigenvalue weighted by molar-refractivity contribution is 7.10. The van der Waals surface area contributed by atoms with Gasteiger partial charge in [0.1, 0.15) is 17.4 Å². The molecule has 5 heteroatoms. The van der Waals surface area contributed by atoms with Gasteiger partial charge in [0.05, 0.1) is 9.90 Å². The van der Waals surface area contributed by atoms with Crippen molar-refractivity contribution in [2.24, 2.45) is 0 Å². The average molecular weight is 299 g/mol. The molecule has 92 valence electrons. The molecule has 0 bridgehead atoms. The molecular weight excluding hydrogens is 291 g/mol. The SMILES string of the molecule is OC(c1cc2cc(Cl)ccc2o1)c1sccc1Cl. The van der Waals surface area contributed by atoms with Crippen molar-refractivity contribution in [2.75, 3.05) is 0 Å². The van der Waals surface area contributed by atoms with E-state index in [9.17, 15) is 5.11 Å². The van der Waals surface area contributed by atoms with Gasteiger partial charge in [-0.3, -0.25) is 0 Å². The summed E-state index contributed by atoms with van der Waals surface area (Å²) in [5.74, 6) is 0.469. The Morgan fingerprint density at radius 1 is 1.17 bits per heavy atom. The number of aliphatic hydroxyl groups excluding tert-OH is 1. The van der Waals surface area contributed by atoms with Gasteiger partial charge in [0.25, 0.3) is 0 Å². The predicted octanol–water partition coefficient (Wildman–Crippen LogP) is 4.88. The van der Waals surface area contributed by atoms with Crippen molar-refractivity contribution in [2.45, 2.75) is 6.10 Å². The highest BCUT2D eigenvalue weighted by atomic mass is 35.5. The first-order valence-corrected chi connectivity index (χ1v) is 6.88. The van der Waals surface area contributed by atoms with E-state index in [1.54, 1.807) is 30.3 Å². The Balaban J connectivity index is 2.07. The van der Waals surface area contributed by atoms with E-state index in [0.29, 0.717) is 26.3 Å². The van der Waals surface area contributed by atoms with Gasteiger partial charge in [-0.1, -0.05) is 23.2 Å². The van der Waals surface area contributed by atoms with E-state index in [-0.39, 0.29) is 0 Å². The van der Waals surface area contributed by atoms with Crippen LogP contribution in [0, 0.1) is 0 Å². The van der Waals surface area contributed by atoms with Gasteiger partial charge in [-0.15, -0.1) is 11.3 Å². The Labute approximate surface area is 117 Å². The van der Waals surface area contributed by atoms with Crippen LogP contribution in [0.2, 0.25) is 10.0 Å². The van der Waals surface area contributed by atoms with Gasteiger partial charge < -0.3 is 9.52 Å². The molecule has 18 heavy (non-hydrogen) atoms. The number of fused-ring (bicyclic) bond motifs is 1. The van der Waals surface area contributed by atoms with Crippen molar-refractivity contribution in [3.8, 4) is 0 Å². The molecule has 1 atom stereocenters. The van der Waals surface area contributed by atoms with Crippen LogP contribution >= 0.6 is 34.5 Å². The molecule has 1 N–H and O–H groups in total. The number of rotatable bonds is 2. The van der Waals surface area contributed by atoms with Gasteiger partial charge in [-0.25, -0.2) is 0 Å². The molecule has 1 unspecified atom stereocenters. The highest BCUT2D eigenvalue weighted by Crippen LogP contribution is 2.35. The van der Waals surface area contributed by atoms with Crippen LogP contribution in [0.4, 0.5) is 0 Å². The fourth-order valence-electron chi connectivity index (χ4n) is 1.80. The third-order valence-corrected chi connectivity index (χ3v) is 4.31. The number of thiophene rings is 1. The number of benzene rings is 1. The largest absolute Gasteiger partial charge is 0.458 e. The van der Waals surface area contributed by atoms with Crippen LogP contribution in [0.5, 0.6) is 0 Å². The summed E-state index contributed by atoms with van der Waals surface area (Å²) in [6, 6.07) is 8.87. The lowest BCUT2D eigenvalue weighted by Gasteiger charge is -2.04. The molecule has 1 aromatic carbocycles. The van der Waals surface area contributed by atoms with Gasteiger partial charge in [0.2, 0.25) is 0 Å². The summed E-state index contributed by atoms with van der Waals surface area (Å²) in [4.78, 5) is 0.682. The lowest BCUT2D eigenvalue weighted by Crippen LogP contribution is -1.95. The summed E-state index contributed by atoms with van der Waals surface area (Å²) in [6.07, 6.45) is -0.844. The van der Waals surface area contributed by atoms with E-state index < -0.39 is 6.10 Å². The van der Waals surface area contributed by atoms with Crippen molar-refractivity contribution in [3.63, 3.8) is 0 Å². The fraction of sp³-hybridized carbons (Fsp3) is 0.0769. The lowest BCUT2D eigenvalue weighted by molar-refractivity contribution is 0.196. The molecule has 3 rings (SSSR count). The second kappa shape index (κ2) is 4.59. The number of halogens is 2. The van der Waals surface area contributed by atoms with E-state index in [1.165, 1.54) is 11.3 Å². The first-order valence-electron chi connectivity index (χ1n) is 5.25. The third kappa shape index (κ3) is 2.04. The fourth-order valence-corrected chi connectivity index (χ4v) is 3.13. The molecule has 0 saturated heterocycles. The van der Waals surface area contributed by atoms with Gasteiger partial charge in [0.15, 0.2) is 0 Å². The van der Waals surface area contributed by atoms with Crippen LogP contribution < -0.4 is 0 Å². The van der Waals surface area contributed by atoms with E-state index in [4.69, 9.17) is 27.6 Å². The summed E-state index contributed by atoms with van der Waals surface area (Å²) in [6.45, 7) is 0. The molecule has 0 fully saturated rings. The van der Waals surface area contributed by atoms with E-state index in [2.05, 4.69) is 0 Å². The Bertz CT molecular complexity index is 702. The summed E-state index contributed by atoms with van der Waals surface area (Å²) in [7, 11) is 0. The maximum Gasteiger partial charge on any atom is 0.147 e. The summed E-state index contributed by atoms with van der Waals surface area (Å²) in [5.41, 5.74) is 0.695. The van der Waals surface area contributed by atoms with Crippen LogP contribution in [-0.4, -0.2) is 5.11 Å². The standard InChI is InChI=1S/C13H8Cl2O2S/c14-8-1-2-10-7(5-8)6-11(17-10)12(16)13-9(15)3-4-18-13/h1-6,12,16H. The first kappa shape index (κ1) is 12.1. The monoisotopic (exact) mass is 298 g/mol. The van der Waals surface area contributed by atoms with E-state index in [1.807, 2.05) is 5.38 Å². The maximum atomic E-state index is 10.2. The summed E-state index contributed by atoms with van der Waals surface area (Å²) >= 11 is 13.3. The average Bonchev–Trinajstić information content (AvgIpc) is 2.93. The van der Waals surface area contributed by atoms with Crippen LogP contribution in [0.15, 0.2) is 40.1 Å². The number of hydrogen-bond donors (Lipinski definition) is 1. The smallest absolute Gasteiger partial charge is 0.147 e. The minimum atomic E-state index is -0.844. The molecule has 0 aliphatic rings. The van der Waals surface area contributed by atoms with Crippen molar-refractivity contribution >= 4 is 45.5 Å². The van der Waals surface area contributed by atoms with Crippen LogP contribution in [0.1, 0.15) is 16.7 Å². The number of aliphatic hydroxyl groups is 1. The second-order valence-electron chi connectivity index (χ2n) is 3.87. The third-order valence-electron chi connectivity index (χ3n) is 2.66. The Hall–Kier alpha value is -1.00. The number of furan rings is 1. The summed E-state index contributed by atoms with van der Waals surface area (Å²) in [5, 5.41) is 14.1. The topological polar surface area (TPSA) is 33.4 Å². The van der Waals surface area contributed by atoms with E-state index >= 15 is 0 Å². The Morgan fingerprint density at radius 3 is 2.72 bits per heavy atom. The molecule has 0 aliphatic carbocycles. The molecule has 0 saturated carbocycles. The van der Waals surface area contributed by atoms with Crippen molar-refractivity contribution < 1.29 is 9.52 Å². The van der Waals surface area contributed by atoms with Crippen LogP contribution in [0.25, 0.3) is 11.0 Å². The Morgan fingerprint density at radius 2 is 2.00 bits per heavy atom. The molecule has 3 aromatic rings. The highest BCUT2D eigenvalue weighted by Gasteiger charge is 2.19. The van der Waals surface area contributed by atoms with Crippen LogP contribution in [-0.2, 0) is 0 Å². The zero-order chi connectivity index (χ0) is 12.7. The second-order valence-corrected chi connectivity index (χ2v) is 5.66. The predicted molar refractivity (Wildman–Crippen MR) is 74.6 cm³/mol. The first-order chi connectivity index (χ1) is 8.65. The van der Waals surface area contributed by atoms with Crippen molar-refractivity contribution in [3.05, 3.63) is 56.4 Å². The maximum absolute atomic E-state index is 10.2. The molecule has 0 aliphatic heterocycles. The number of hydrogen-bond acceptors (Lipinski definition) is 3. The zero-order valence-electron chi connectivity index (χ0n) is 9.06. The van der Waals surface area contributed by atoms with Crippen LogP contribution in [0.3, 0.4) is 0 Å². The van der Waals surface area contributed by atoms with Gasteiger partial charge in [-0.2, -0.15) is 0 Å². The quantitative estimate of drug-likeness (QED) is 0.731. The molecule has 2 nitrogen and oxygen atoms in total. The van der Waals surface area contributed by atoms with Gasteiger partial charge in [0, 0.05) is 10.4 Å². The van der Waals surface area contributed by atoms with E-state index in [0.717, 1.165) is 5.39 Å². The van der Waals surface area contributed by atoms with Crippen molar-refractivity contribution in [1.82, 2.24) is 0 Å². The molecule has 0 radical (unpaired) electrons. The minimum Gasteiger partial charge on any atom is -0.458 e. The van der Waals surface area contributed by atoms with Gasteiger partial charge >= 0.3 is 0 Å². The molecule has 0 spiro atoms. The molecular formula is C13H8Cl2O2S.